The smallest absolute Gasteiger partial charge is 0.0522 e. The van der Waals surface area contributed by atoms with Gasteiger partial charge in [-0.3, -0.25) is 5.10 Å². The molecule has 13 heavy (non-hydrogen) atoms. The van der Waals surface area contributed by atoms with Crippen molar-refractivity contribution in [2.24, 2.45) is 5.92 Å². The molecule has 1 aliphatic heterocycles. The molecule has 0 bridgehead atoms. The van der Waals surface area contributed by atoms with E-state index in [2.05, 4.69) is 15.5 Å². The third kappa shape index (κ3) is 1.89. The van der Waals surface area contributed by atoms with Gasteiger partial charge >= 0.3 is 0 Å². The fourth-order valence-electron chi connectivity index (χ4n) is 1.91. The highest BCUT2D eigenvalue weighted by atomic mass is 16.3. The molecule has 0 radical (unpaired) electrons. The maximum atomic E-state index is 9.04. The highest BCUT2D eigenvalue weighted by Gasteiger charge is 2.22. The van der Waals surface area contributed by atoms with Crippen molar-refractivity contribution in [2.75, 3.05) is 19.7 Å². The summed E-state index contributed by atoms with van der Waals surface area (Å²) in [5, 5.41) is 19.1. The molecule has 72 valence electrons. The number of aromatic nitrogens is 2. The van der Waals surface area contributed by atoms with Crippen molar-refractivity contribution in [3.63, 3.8) is 0 Å². The lowest BCUT2D eigenvalue weighted by molar-refractivity contribution is 0.190. The first-order valence-corrected chi connectivity index (χ1v) is 4.70. The van der Waals surface area contributed by atoms with Crippen LogP contribution in [0.25, 0.3) is 0 Å². The molecular weight excluding hydrogens is 166 g/mol. The van der Waals surface area contributed by atoms with Gasteiger partial charge in [-0.25, -0.2) is 0 Å². The fraction of sp³-hybridized carbons (Fsp3) is 0.667. The van der Waals surface area contributed by atoms with Gasteiger partial charge in [0.2, 0.25) is 0 Å². The van der Waals surface area contributed by atoms with Gasteiger partial charge in [0.05, 0.1) is 6.20 Å². The predicted octanol–water partition coefficient (Wildman–Crippen LogP) is 0.0951. The Morgan fingerprint density at radius 3 is 3.15 bits per heavy atom. The molecule has 3 N–H and O–H groups in total. The second-order valence-electron chi connectivity index (χ2n) is 3.67. The van der Waals surface area contributed by atoms with E-state index >= 15 is 0 Å². The molecule has 1 aromatic rings. The number of hydrogen-bond acceptors (Lipinski definition) is 3. The van der Waals surface area contributed by atoms with Gasteiger partial charge in [0.1, 0.15) is 0 Å². The lowest BCUT2D eigenvalue weighted by Gasteiger charge is -2.28. The molecule has 4 heteroatoms. The first kappa shape index (κ1) is 8.72. The van der Waals surface area contributed by atoms with E-state index in [0.29, 0.717) is 11.8 Å². The molecule has 2 unspecified atom stereocenters. The summed E-state index contributed by atoms with van der Waals surface area (Å²) in [7, 11) is 0. The van der Waals surface area contributed by atoms with Gasteiger partial charge in [-0.05, 0) is 23.8 Å². The minimum absolute atomic E-state index is 0.279. The monoisotopic (exact) mass is 181 g/mol. The van der Waals surface area contributed by atoms with E-state index < -0.39 is 0 Å². The number of nitrogens with zero attached hydrogens (tertiary/aromatic N) is 1. The molecule has 4 nitrogen and oxygen atoms in total. The zero-order valence-corrected chi connectivity index (χ0v) is 7.53. The second kappa shape index (κ2) is 3.89. The van der Waals surface area contributed by atoms with Crippen LogP contribution in [0, 0.1) is 5.92 Å². The first-order chi connectivity index (χ1) is 6.40. The van der Waals surface area contributed by atoms with Crippen molar-refractivity contribution in [1.29, 1.82) is 0 Å². The van der Waals surface area contributed by atoms with Crippen molar-refractivity contribution in [2.45, 2.75) is 12.3 Å². The van der Waals surface area contributed by atoms with Crippen LogP contribution < -0.4 is 5.32 Å². The summed E-state index contributed by atoms with van der Waals surface area (Å²) in [6, 6.07) is 0. The van der Waals surface area contributed by atoms with E-state index in [9.17, 15) is 0 Å². The Labute approximate surface area is 77.4 Å². The van der Waals surface area contributed by atoms with Crippen molar-refractivity contribution >= 4 is 0 Å². The zero-order chi connectivity index (χ0) is 9.10. The maximum Gasteiger partial charge on any atom is 0.0522 e. The largest absolute Gasteiger partial charge is 0.396 e. The van der Waals surface area contributed by atoms with Crippen LogP contribution in [0.15, 0.2) is 12.4 Å². The molecule has 0 saturated carbocycles. The SMILES string of the molecule is OCC1CNCC(c2cn[nH]c2)C1. The van der Waals surface area contributed by atoms with Crippen molar-refractivity contribution in [1.82, 2.24) is 15.5 Å². The summed E-state index contributed by atoms with van der Waals surface area (Å²) >= 11 is 0. The highest BCUT2D eigenvalue weighted by Crippen LogP contribution is 2.25. The molecule has 0 aromatic carbocycles. The number of rotatable bonds is 2. The highest BCUT2D eigenvalue weighted by molar-refractivity contribution is 5.12. The lowest BCUT2D eigenvalue weighted by Crippen LogP contribution is -2.36. The van der Waals surface area contributed by atoms with Crippen LogP contribution in [-0.2, 0) is 0 Å². The fourth-order valence-corrected chi connectivity index (χ4v) is 1.91. The molecule has 1 saturated heterocycles. The van der Waals surface area contributed by atoms with Crippen LogP contribution in [0.1, 0.15) is 17.9 Å². The lowest BCUT2D eigenvalue weighted by atomic mass is 9.87. The van der Waals surface area contributed by atoms with E-state index in [1.54, 1.807) is 0 Å². The number of aliphatic hydroxyl groups is 1. The van der Waals surface area contributed by atoms with Gasteiger partial charge in [-0.15, -0.1) is 0 Å². The van der Waals surface area contributed by atoms with Crippen molar-refractivity contribution < 1.29 is 5.11 Å². The van der Waals surface area contributed by atoms with Crippen molar-refractivity contribution in [3.8, 4) is 0 Å². The summed E-state index contributed by atoms with van der Waals surface area (Å²) in [6.45, 7) is 2.21. The van der Waals surface area contributed by atoms with Crippen LogP contribution in [-0.4, -0.2) is 35.0 Å². The Morgan fingerprint density at radius 2 is 2.46 bits per heavy atom. The average Bonchev–Trinajstić information content (AvgIpc) is 2.71. The van der Waals surface area contributed by atoms with Gasteiger partial charge in [0.25, 0.3) is 0 Å². The normalized spacial score (nSPS) is 29.0. The minimum Gasteiger partial charge on any atom is -0.396 e. The van der Waals surface area contributed by atoms with Gasteiger partial charge in [-0.1, -0.05) is 0 Å². The Morgan fingerprint density at radius 1 is 1.54 bits per heavy atom. The number of piperidine rings is 1. The molecular formula is C9H15N3O. The second-order valence-corrected chi connectivity index (χ2v) is 3.67. The average molecular weight is 181 g/mol. The molecule has 1 aromatic heterocycles. The zero-order valence-electron chi connectivity index (χ0n) is 7.53. The Hall–Kier alpha value is -0.870. The molecule has 2 rings (SSSR count). The molecule has 1 aliphatic rings. The van der Waals surface area contributed by atoms with Gasteiger partial charge in [0.15, 0.2) is 0 Å². The Kier molecular flexibility index (Phi) is 2.61. The van der Waals surface area contributed by atoms with Crippen LogP contribution in [0.4, 0.5) is 0 Å². The quantitative estimate of drug-likeness (QED) is 0.606. The van der Waals surface area contributed by atoms with E-state index in [1.807, 2.05) is 12.4 Å². The Bertz CT molecular complexity index is 247. The number of hydrogen-bond donors (Lipinski definition) is 3. The topological polar surface area (TPSA) is 60.9 Å². The summed E-state index contributed by atoms with van der Waals surface area (Å²) in [6.07, 6.45) is 4.86. The number of aliphatic hydroxyl groups excluding tert-OH is 1. The van der Waals surface area contributed by atoms with Gasteiger partial charge in [-0.2, -0.15) is 5.10 Å². The summed E-state index contributed by atoms with van der Waals surface area (Å²) in [4.78, 5) is 0. The van der Waals surface area contributed by atoms with Crippen LogP contribution >= 0.6 is 0 Å². The third-order valence-electron chi connectivity index (χ3n) is 2.69. The summed E-state index contributed by atoms with van der Waals surface area (Å²) < 4.78 is 0. The van der Waals surface area contributed by atoms with Crippen LogP contribution in [0.5, 0.6) is 0 Å². The van der Waals surface area contributed by atoms with Crippen molar-refractivity contribution in [3.05, 3.63) is 18.0 Å². The van der Waals surface area contributed by atoms with Crippen LogP contribution in [0.2, 0.25) is 0 Å². The number of H-pyrrole nitrogens is 1. The van der Waals surface area contributed by atoms with Crippen LogP contribution in [0.3, 0.4) is 0 Å². The molecule has 2 heterocycles. The van der Waals surface area contributed by atoms with E-state index in [4.69, 9.17) is 5.11 Å². The molecule has 2 atom stereocenters. The summed E-state index contributed by atoms with van der Waals surface area (Å²) in [5.41, 5.74) is 1.24. The van der Waals surface area contributed by atoms with Gasteiger partial charge < -0.3 is 10.4 Å². The number of nitrogens with one attached hydrogen (secondary N) is 2. The minimum atomic E-state index is 0.279. The summed E-state index contributed by atoms with van der Waals surface area (Å²) in [5.74, 6) is 0.901. The molecule has 1 fully saturated rings. The van der Waals surface area contributed by atoms with E-state index in [-0.39, 0.29) is 6.61 Å². The predicted molar refractivity (Wildman–Crippen MR) is 49.4 cm³/mol. The van der Waals surface area contributed by atoms with E-state index in [0.717, 1.165) is 19.5 Å². The standard InChI is InChI=1S/C9H15N3O/c13-6-7-1-8(3-10-2-7)9-4-11-12-5-9/h4-5,7-8,10,13H,1-3,6H2,(H,11,12). The molecule has 0 spiro atoms. The maximum absolute atomic E-state index is 9.04. The van der Waals surface area contributed by atoms with Gasteiger partial charge in [0, 0.05) is 25.9 Å². The van der Waals surface area contributed by atoms with E-state index in [1.165, 1.54) is 5.56 Å². The number of aromatic amines is 1. The Balaban J connectivity index is 2.00. The third-order valence-corrected chi connectivity index (χ3v) is 2.69. The molecule has 0 amide bonds. The first-order valence-electron chi connectivity index (χ1n) is 4.70. The molecule has 0 aliphatic carbocycles.